The van der Waals surface area contributed by atoms with Gasteiger partial charge in [0, 0.05) is 12.8 Å². The van der Waals surface area contributed by atoms with Crippen LogP contribution in [0.3, 0.4) is 0 Å². The van der Waals surface area contributed by atoms with Gasteiger partial charge in [-0.2, -0.15) is 0 Å². The van der Waals surface area contributed by atoms with Crippen LogP contribution >= 0.6 is 0 Å². The molecule has 6 N–H and O–H groups in total. The minimum atomic E-state index is -3.31. The number of esters is 2. The molecule has 302 valence electrons. The van der Waals surface area contributed by atoms with Gasteiger partial charge in [0.05, 0.1) is 6.61 Å². The van der Waals surface area contributed by atoms with Crippen molar-refractivity contribution in [2.45, 2.75) is 198 Å². The number of aliphatic hydroxyl groups excluding tert-OH is 5. The first-order valence-electron chi connectivity index (χ1n) is 20.2. The molecule has 0 amide bonds. The van der Waals surface area contributed by atoms with Crippen molar-refractivity contribution >= 4 is 11.9 Å². The molecule has 0 unspecified atom stereocenters. The number of carbonyl (C=O) groups is 2. The van der Waals surface area contributed by atoms with Crippen LogP contribution in [0.2, 0.25) is 0 Å². The van der Waals surface area contributed by atoms with Crippen molar-refractivity contribution in [3.8, 4) is 0 Å². The van der Waals surface area contributed by atoms with Crippen molar-refractivity contribution < 1.29 is 49.7 Å². The van der Waals surface area contributed by atoms with E-state index in [0.717, 1.165) is 89.9 Å². The molecule has 10 heteroatoms. The molecule has 0 aromatic heterocycles. The summed E-state index contributed by atoms with van der Waals surface area (Å²) in [5.74, 6) is -5.25. The summed E-state index contributed by atoms with van der Waals surface area (Å²) in [7, 11) is 0. The monoisotopic (exact) mass is 739 g/mol. The van der Waals surface area contributed by atoms with Gasteiger partial charge < -0.3 is 40.1 Å². The lowest BCUT2D eigenvalue weighted by molar-refractivity contribution is -0.375. The lowest BCUT2D eigenvalue weighted by Crippen LogP contribution is -2.59. The molecule has 0 aliphatic rings. The van der Waals surface area contributed by atoms with E-state index in [9.17, 15) is 35.1 Å². The van der Waals surface area contributed by atoms with Crippen molar-refractivity contribution in [3.05, 3.63) is 48.6 Å². The summed E-state index contributed by atoms with van der Waals surface area (Å²) in [4.78, 5) is 25.3. The average molecular weight is 739 g/mol. The highest BCUT2D eigenvalue weighted by atomic mass is 16.8. The number of rotatable bonds is 35. The van der Waals surface area contributed by atoms with Gasteiger partial charge in [-0.15, -0.1) is 0 Å². The van der Waals surface area contributed by atoms with Gasteiger partial charge >= 0.3 is 17.9 Å². The van der Waals surface area contributed by atoms with Gasteiger partial charge in [0.25, 0.3) is 0 Å². The fraction of sp³-hybridized carbons (Fsp3) is 0.762. The van der Waals surface area contributed by atoms with Crippen LogP contribution in [0.1, 0.15) is 168 Å². The summed E-state index contributed by atoms with van der Waals surface area (Å²) < 4.78 is 9.97. The number of allylic oxidation sites excluding steroid dienone is 8. The molecule has 4 atom stereocenters. The van der Waals surface area contributed by atoms with Crippen LogP contribution in [0.15, 0.2) is 48.6 Å². The number of hydrogen-bond donors (Lipinski definition) is 6. The van der Waals surface area contributed by atoms with Gasteiger partial charge in [-0.3, -0.25) is 9.59 Å². The Morgan fingerprint density at radius 1 is 0.519 bits per heavy atom. The van der Waals surface area contributed by atoms with Gasteiger partial charge in [0.1, 0.15) is 18.3 Å². The van der Waals surface area contributed by atoms with E-state index in [1.54, 1.807) is 0 Å². The normalized spacial score (nSPS) is 14.8. The first kappa shape index (κ1) is 49.7. The second-order valence-electron chi connectivity index (χ2n) is 13.7. The fourth-order valence-electron chi connectivity index (χ4n) is 5.47. The molecule has 0 aromatic rings. The number of carbonyl (C=O) groups excluding carboxylic acids is 2. The Kier molecular flexibility index (Phi) is 32.9. The lowest BCUT2D eigenvalue weighted by Gasteiger charge is -2.35. The van der Waals surface area contributed by atoms with Crippen LogP contribution in [0, 0.1) is 0 Å². The number of ether oxygens (including phenoxy) is 2. The molecule has 0 saturated heterocycles. The lowest BCUT2D eigenvalue weighted by atomic mass is 10.0. The molecule has 0 aromatic carbocycles. The molecule has 0 aliphatic carbocycles. The molecule has 0 bridgehead atoms. The van der Waals surface area contributed by atoms with Crippen molar-refractivity contribution in [1.82, 2.24) is 0 Å². The summed E-state index contributed by atoms with van der Waals surface area (Å²) in [5.41, 5.74) is 0. The van der Waals surface area contributed by atoms with Gasteiger partial charge in [0.2, 0.25) is 0 Å². The Morgan fingerprint density at radius 2 is 0.865 bits per heavy atom. The summed E-state index contributed by atoms with van der Waals surface area (Å²) >= 11 is 0. The Bertz CT molecular complexity index is 916. The Balaban J connectivity index is 4.61. The molecular formula is C42H74O10. The third kappa shape index (κ3) is 27.3. The van der Waals surface area contributed by atoms with Crippen LogP contribution < -0.4 is 0 Å². The zero-order chi connectivity index (χ0) is 38.7. The van der Waals surface area contributed by atoms with E-state index in [0.29, 0.717) is 12.8 Å². The van der Waals surface area contributed by atoms with E-state index in [1.807, 2.05) is 0 Å². The molecular weight excluding hydrogens is 664 g/mol. The maximum Gasteiger partial charge on any atom is 0.403 e. The minimum Gasteiger partial charge on any atom is -0.396 e. The van der Waals surface area contributed by atoms with Crippen LogP contribution in [0.25, 0.3) is 0 Å². The molecule has 0 fully saturated rings. The molecule has 0 heterocycles. The third-order valence-electron chi connectivity index (χ3n) is 8.81. The van der Waals surface area contributed by atoms with Crippen molar-refractivity contribution in [2.24, 2.45) is 0 Å². The molecule has 52 heavy (non-hydrogen) atoms. The molecule has 0 radical (unpaired) electrons. The van der Waals surface area contributed by atoms with Gasteiger partial charge in [0.15, 0.2) is 6.10 Å². The average Bonchev–Trinajstić information content (AvgIpc) is 3.13. The number of aliphatic hydroxyl groups is 6. The number of unbranched alkanes of at least 4 members (excludes halogenated alkanes) is 16. The van der Waals surface area contributed by atoms with E-state index in [2.05, 4.69) is 62.5 Å². The van der Waals surface area contributed by atoms with E-state index in [4.69, 9.17) is 14.6 Å². The Labute approximate surface area is 314 Å². The Hall–Kier alpha value is -2.34. The topological polar surface area (TPSA) is 174 Å². The highest BCUT2D eigenvalue weighted by molar-refractivity contribution is 5.72. The predicted octanol–water partition coefficient (Wildman–Crippen LogP) is 7.78. The van der Waals surface area contributed by atoms with E-state index >= 15 is 0 Å². The largest absolute Gasteiger partial charge is 0.403 e. The van der Waals surface area contributed by atoms with Crippen LogP contribution in [0.5, 0.6) is 0 Å². The highest BCUT2D eigenvalue weighted by Crippen LogP contribution is 2.24. The molecule has 10 nitrogen and oxygen atoms in total. The van der Waals surface area contributed by atoms with Gasteiger partial charge in [-0.1, -0.05) is 127 Å². The molecule has 0 rings (SSSR count). The summed E-state index contributed by atoms with van der Waals surface area (Å²) in [6, 6.07) is 0. The second kappa shape index (κ2) is 34.4. The van der Waals surface area contributed by atoms with Crippen LogP contribution in [-0.4, -0.2) is 79.6 Å². The maximum atomic E-state index is 12.6. The van der Waals surface area contributed by atoms with Crippen molar-refractivity contribution in [1.29, 1.82) is 0 Å². The SMILES string of the molecule is CCCCC/C=C\C/C=C\CCCCCCCC(=O)OC(O)(OC(=O)CCCCCCC/C=C\C/C=C\CCCCC)[C@H](O)[C@H](O)[C@H](O)[C@@H](O)CO. The van der Waals surface area contributed by atoms with Crippen LogP contribution in [-0.2, 0) is 19.1 Å². The van der Waals surface area contributed by atoms with Gasteiger partial charge in [-0.25, -0.2) is 0 Å². The van der Waals surface area contributed by atoms with Crippen molar-refractivity contribution in [2.75, 3.05) is 6.61 Å². The van der Waals surface area contributed by atoms with E-state index in [1.165, 1.54) is 38.5 Å². The number of hydrogen-bond acceptors (Lipinski definition) is 10. The highest BCUT2D eigenvalue weighted by Gasteiger charge is 2.51. The second-order valence-corrected chi connectivity index (χ2v) is 13.7. The van der Waals surface area contributed by atoms with Crippen LogP contribution in [0.4, 0.5) is 0 Å². The van der Waals surface area contributed by atoms with Gasteiger partial charge in [-0.05, 0) is 77.0 Å². The smallest absolute Gasteiger partial charge is 0.396 e. The molecule has 0 spiro atoms. The van der Waals surface area contributed by atoms with E-state index < -0.39 is 48.9 Å². The summed E-state index contributed by atoms with van der Waals surface area (Å²) in [5, 5.41) is 60.8. The van der Waals surface area contributed by atoms with E-state index in [-0.39, 0.29) is 12.8 Å². The molecule has 0 saturated carbocycles. The summed E-state index contributed by atoms with van der Waals surface area (Å²) in [6.07, 6.45) is 30.2. The predicted molar refractivity (Wildman–Crippen MR) is 207 cm³/mol. The zero-order valence-electron chi connectivity index (χ0n) is 32.4. The summed E-state index contributed by atoms with van der Waals surface area (Å²) in [6.45, 7) is 3.45. The zero-order valence-corrected chi connectivity index (χ0v) is 32.4. The standard InChI is InChI=1S/C42H74O10/c1-3-5-7-9-11-13-15-17-19-21-23-25-27-29-31-33-37(45)51-42(50,41(49)40(48)39(47)36(44)35-43)52-38(46)34-32-30-28-26-24-22-20-18-16-14-12-10-8-6-4-2/h11-14,17-20,36,39-41,43-44,47-50H,3-10,15-16,21-35H2,1-2H3/b13-11-,14-12-,19-17-,20-18-/t36-,39+,40+,41+/m0/s1. The fourth-order valence-corrected chi connectivity index (χ4v) is 5.47. The quantitative estimate of drug-likeness (QED) is 0.0163. The first-order valence-corrected chi connectivity index (χ1v) is 20.2. The molecule has 0 aliphatic heterocycles. The Morgan fingerprint density at radius 3 is 1.23 bits per heavy atom. The maximum absolute atomic E-state index is 12.6. The minimum absolute atomic E-state index is 0.139. The first-order chi connectivity index (χ1) is 25.1. The third-order valence-corrected chi connectivity index (χ3v) is 8.81. The van der Waals surface area contributed by atoms with Crippen molar-refractivity contribution in [3.63, 3.8) is 0 Å².